The fourth-order valence-electron chi connectivity index (χ4n) is 2.52. The zero-order valence-corrected chi connectivity index (χ0v) is 13.9. The van der Waals surface area contributed by atoms with Crippen LogP contribution in [0.25, 0.3) is 0 Å². The second-order valence-electron chi connectivity index (χ2n) is 5.77. The fourth-order valence-corrected chi connectivity index (χ4v) is 2.52. The third-order valence-corrected chi connectivity index (χ3v) is 3.94. The third-order valence-electron chi connectivity index (χ3n) is 3.94. The predicted molar refractivity (Wildman–Crippen MR) is 98.8 cm³/mol. The van der Waals surface area contributed by atoms with E-state index >= 15 is 0 Å². The molecule has 0 saturated heterocycles. The van der Waals surface area contributed by atoms with E-state index in [4.69, 9.17) is 11.1 Å². The van der Waals surface area contributed by atoms with E-state index in [1.165, 1.54) is 5.56 Å². The first-order valence-corrected chi connectivity index (χ1v) is 7.86. The van der Waals surface area contributed by atoms with Crippen LogP contribution in [0.4, 0.5) is 11.4 Å². The number of anilines is 2. The molecular weight excluding hydrogens is 314 g/mol. The molecule has 0 fully saturated rings. The molecule has 0 saturated carbocycles. The quantitative estimate of drug-likeness (QED) is 0.495. The number of amides is 1. The van der Waals surface area contributed by atoms with Crippen molar-refractivity contribution in [3.8, 4) is 0 Å². The SMILES string of the molecule is Cc1ccccc1Cn1cc(NC(=O)C(=N)c2ccccc2N)cn1. The molecule has 0 aliphatic rings. The first-order valence-electron chi connectivity index (χ1n) is 7.86. The first kappa shape index (κ1) is 16.4. The molecule has 0 aliphatic carbocycles. The van der Waals surface area contributed by atoms with Gasteiger partial charge in [0.25, 0.3) is 5.91 Å². The first-order chi connectivity index (χ1) is 12.0. The van der Waals surface area contributed by atoms with E-state index < -0.39 is 5.91 Å². The van der Waals surface area contributed by atoms with Crippen LogP contribution in [-0.2, 0) is 11.3 Å². The van der Waals surface area contributed by atoms with Crippen LogP contribution in [0.15, 0.2) is 60.9 Å². The van der Waals surface area contributed by atoms with E-state index in [0.29, 0.717) is 23.5 Å². The van der Waals surface area contributed by atoms with Crippen molar-refractivity contribution in [1.29, 1.82) is 5.41 Å². The van der Waals surface area contributed by atoms with Gasteiger partial charge in [-0.1, -0.05) is 42.5 Å². The topological polar surface area (TPSA) is 96.8 Å². The molecule has 6 heteroatoms. The van der Waals surface area contributed by atoms with Gasteiger partial charge in [0, 0.05) is 17.4 Å². The molecule has 126 valence electrons. The number of benzene rings is 2. The van der Waals surface area contributed by atoms with Gasteiger partial charge in [-0.3, -0.25) is 14.9 Å². The van der Waals surface area contributed by atoms with Crippen molar-refractivity contribution >= 4 is 23.0 Å². The van der Waals surface area contributed by atoms with Gasteiger partial charge in [-0.05, 0) is 24.1 Å². The van der Waals surface area contributed by atoms with Gasteiger partial charge in [-0.15, -0.1) is 0 Å². The average Bonchev–Trinajstić information content (AvgIpc) is 3.04. The number of nitrogens with zero attached hydrogens (tertiary/aromatic N) is 2. The van der Waals surface area contributed by atoms with Crippen molar-refractivity contribution in [1.82, 2.24) is 9.78 Å². The summed E-state index contributed by atoms with van der Waals surface area (Å²) in [5, 5.41) is 15.0. The molecule has 4 N–H and O–H groups in total. The number of carbonyl (C=O) groups excluding carboxylic acids is 1. The Kier molecular flexibility index (Phi) is 4.61. The Labute approximate surface area is 145 Å². The predicted octanol–water partition coefficient (Wildman–Crippen LogP) is 2.83. The number of nitrogen functional groups attached to an aromatic ring is 1. The molecule has 0 spiro atoms. The van der Waals surface area contributed by atoms with Crippen LogP contribution >= 0.6 is 0 Å². The molecule has 3 rings (SSSR count). The van der Waals surface area contributed by atoms with E-state index in [1.807, 2.05) is 31.2 Å². The van der Waals surface area contributed by atoms with E-state index in [-0.39, 0.29) is 5.71 Å². The second-order valence-corrected chi connectivity index (χ2v) is 5.77. The van der Waals surface area contributed by atoms with Crippen LogP contribution in [0.3, 0.4) is 0 Å². The summed E-state index contributed by atoms with van der Waals surface area (Å²) in [5.41, 5.74) is 9.34. The van der Waals surface area contributed by atoms with Crippen molar-refractivity contribution < 1.29 is 4.79 Å². The zero-order valence-electron chi connectivity index (χ0n) is 13.9. The summed E-state index contributed by atoms with van der Waals surface area (Å²) in [4.78, 5) is 12.3. The highest BCUT2D eigenvalue weighted by Gasteiger charge is 2.15. The van der Waals surface area contributed by atoms with Crippen molar-refractivity contribution in [2.45, 2.75) is 13.5 Å². The van der Waals surface area contributed by atoms with Crippen molar-refractivity contribution in [2.24, 2.45) is 0 Å². The fraction of sp³-hybridized carbons (Fsp3) is 0.105. The lowest BCUT2D eigenvalue weighted by molar-refractivity contribution is -0.110. The van der Waals surface area contributed by atoms with Crippen LogP contribution in [0.1, 0.15) is 16.7 Å². The highest BCUT2D eigenvalue weighted by atomic mass is 16.1. The van der Waals surface area contributed by atoms with E-state index in [9.17, 15) is 4.79 Å². The molecule has 0 radical (unpaired) electrons. The average molecular weight is 333 g/mol. The molecule has 2 aromatic carbocycles. The van der Waals surface area contributed by atoms with Gasteiger partial charge in [-0.25, -0.2) is 0 Å². The minimum Gasteiger partial charge on any atom is -0.398 e. The number of hydrogen-bond acceptors (Lipinski definition) is 4. The molecule has 1 aromatic heterocycles. The molecule has 6 nitrogen and oxygen atoms in total. The summed E-state index contributed by atoms with van der Waals surface area (Å²) in [6, 6.07) is 14.9. The minimum absolute atomic E-state index is 0.176. The van der Waals surface area contributed by atoms with Gasteiger partial charge in [0.15, 0.2) is 0 Å². The Balaban J connectivity index is 1.69. The smallest absolute Gasteiger partial charge is 0.274 e. The molecule has 3 aromatic rings. The largest absolute Gasteiger partial charge is 0.398 e. The summed E-state index contributed by atoms with van der Waals surface area (Å²) in [6.07, 6.45) is 3.31. The monoisotopic (exact) mass is 333 g/mol. The molecule has 0 unspecified atom stereocenters. The van der Waals surface area contributed by atoms with Crippen molar-refractivity contribution in [3.05, 3.63) is 77.6 Å². The normalized spacial score (nSPS) is 10.4. The van der Waals surface area contributed by atoms with Crippen LogP contribution in [0.5, 0.6) is 0 Å². The van der Waals surface area contributed by atoms with Crippen LogP contribution in [-0.4, -0.2) is 21.4 Å². The maximum atomic E-state index is 12.3. The van der Waals surface area contributed by atoms with Gasteiger partial charge in [-0.2, -0.15) is 5.10 Å². The molecular formula is C19H19N5O. The Hall–Kier alpha value is -3.41. The van der Waals surface area contributed by atoms with Gasteiger partial charge < -0.3 is 11.1 Å². The van der Waals surface area contributed by atoms with Gasteiger partial charge in [0.05, 0.1) is 18.4 Å². The maximum Gasteiger partial charge on any atom is 0.274 e. The number of aryl methyl sites for hydroxylation is 1. The van der Waals surface area contributed by atoms with Crippen molar-refractivity contribution in [3.63, 3.8) is 0 Å². The Morgan fingerprint density at radius 1 is 1.20 bits per heavy atom. The summed E-state index contributed by atoms with van der Waals surface area (Å²) >= 11 is 0. The summed E-state index contributed by atoms with van der Waals surface area (Å²) in [7, 11) is 0. The minimum atomic E-state index is -0.520. The lowest BCUT2D eigenvalue weighted by atomic mass is 10.1. The van der Waals surface area contributed by atoms with Crippen LogP contribution in [0.2, 0.25) is 0 Å². The number of rotatable bonds is 5. The molecule has 1 amide bonds. The number of para-hydroxylation sites is 1. The Bertz CT molecular complexity index is 929. The standard InChI is InChI=1S/C19H19N5O/c1-13-6-2-3-7-14(13)11-24-12-15(10-22-24)23-19(25)18(21)16-8-4-5-9-17(16)20/h2-10,12,21H,11,20H2,1H3,(H,23,25). The van der Waals surface area contributed by atoms with E-state index in [2.05, 4.69) is 10.4 Å². The number of carbonyl (C=O) groups is 1. The number of hydrogen-bond donors (Lipinski definition) is 3. The van der Waals surface area contributed by atoms with Crippen LogP contribution < -0.4 is 11.1 Å². The molecule has 0 aliphatic heterocycles. The molecule has 0 bridgehead atoms. The lowest BCUT2D eigenvalue weighted by Gasteiger charge is -2.07. The van der Waals surface area contributed by atoms with Gasteiger partial charge >= 0.3 is 0 Å². The Morgan fingerprint density at radius 2 is 1.92 bits per heavy atom. The highest BCUT2D eigenvalue weighted by Crippen LogP contribution is 2.14. The summed E-state index contributed by atoms with van der Waals surface area (Å²) in [5.74, 6) is -0.520. The van der Waals surface area contributed by atoms with E-state index in [0.717, 1.165) is 5.56 Å². The van der Waals surface area contributed by atoms with Gasteiger partial charge in [0.2, 0.25) is 0 Å². The van der Waals surface area contributed by atoms with E-state index in [1.54, 1.807) is 41.3 Å². The number of aromatic nitrogens is 2. The highest BCUT2D eigenvalue weighted by molar-refractivity contribution is 6.48. The lowest BCUT2D eigenvalue weighted by Crippen LogP contribution is -2.23. The number of nitrogens with two attached hydrogens (primary N) is 1. The van der Waals surface area contributed by atoms with Crippen molar-refractivity contribution in [2.75, 3.05) is 11.1 Å². The Morgan fingerprint density at radius 3 is 2.68 bits per heavy atom. The molecule has 25 heavy (non-hydrogen) atoms. The number of nitrogens with one attached hydrogen (secondary N) is 2. The zero-order chi connectivity index (χ0) is 17.8. The second kappa shape index (κ2) is 7.00. The third kappa shape index (κ3) is 3.74. The van der Waals surface area contributed by atoms with Gasteiger partial charge in [0.1, 0.15) is 5.71 Å². The summed E-state index contributed by atoms with van der Waals surface area (Å²) < 4.78 is 1.75. The summed E-state index contributed by atoms with van der Waals surface area (Å²) in [6.45, 7) is 2.67. The van der Waals surface area contributed by atoms with Crippen LogP contribution in [0, 0.1) is 12.3 Å². The molecule has 0 atom stereocenters. The molecule has 1 heterocycles. The maximum absolute atomic E-state index is 12.3.